The van der Waals surface area contributed by atoms with Crippen LogP contribution in [0.25, 0.3) is 0 Å². The molecule has 0 saturated heterocycles. The molecule has 0 aromatic heterocycles. The zero-order valence-electron chi connectivity index (χ0n) is 7.17. The largest absolute Gasteiger partial charge is 0.346 e. The molecule has 3 N–H and O–H groups in total. The average molecular weight is 163 g/mol. The number of nitrogens with one attached hydrogen (secondary N) is 1. The second-order valence-corrected chi connectivity index (χ2v) is 2.38. The van der Waals surface area contributed by atoms with Gasteiger partial charge in [0.25, 0.3) is 0 Å². The molecule has 0 aromatic rings. The quantitative estimate of drug-likeness (QED) is 0.636. The lowest BCUT2D eigenvalue weighted by molar-refractivity contribution is 1.17. The van der Waals surface area contributed by atoms with Crippen LogP contribution in [0.4, 0.5) is 0 Å². The molecule has 0 aliphatic carbocycles. The minimum Gasteiger partial charge on any atom is -0.346 e. The van der Waals surface area contributed by atoms with Gasteiger partial charge in [0.15, 0.2) is 0 Å². The summed E-state index contributed by atoms with van der Waals surface area (Å²) < 4.78 is 0. The van der Waals surface area contributed by atoms with Crippen molar-refractivity contribution in [1.29, 1.82) is 0 Å². The van der Waals surface area contributed by atoms with Crippen LogP contribution in [-0.4, -0.2) is 12.4 Å². The van der Waals surface area contributed by atoms with E-state index in [1.165, 1.54) is 6.20 Å². The lowest BCUT2D eigenvalue weighted by Crippen LogP contribution is -2.13. The van der Waals surface area contributed by atoms with Gasteiger partial charge in [-0.25, -0.2) is 4.99 Å². The highest BCUT2D eigenvalue weighted by Crippen LogP contribution is 2.14. The molecule has 0 saturated carbocycles. The summed E-state index contributed by atoms with van der Waals surface area (Å²) >= 11 is 0. The number of aliphatic imine (C=N–C) groups is 1. The average Bonchev–Trinajstić information content (AvgIpc) is 2.47. The van der Waals surface area contributed by atoms with Crippen LogP contribution in [0.2, 0.25) is 0 Å². The number of rotatable bonds is 2. The SMILES string of the molecule is C=C/N=C1/NC=C(CN)/C1=C/C. The Labute approximate surface area is 72.4 Å². The van der Waals surface area contributed by atoms with Crippen molar-refractivity contribution in [2.45, 2.75) is 6.92 Å². The topological polar surface area (TPSA) is 50.4 Å². The van der Waals surface area contributed by atoms with E-state index in [0.29, 0.717) is 6.54 Å². The molecule has 3 heteroatoms. The van der Waals surface area contributed by atoms with E-state index in [0.717, 1.165) is 17.0 Å². The first-order valence-electron chi connectivity index (χ1n) is 3.85. The van der Waals surface area contributed by atoms with Crippen LogP contribution in [0, 0.1) is 0 Å². The fourth-order valence-corrected chi connectivity index (χ4v) is 1.15. The first-order valence-corrected chi connectivity index (χ1v) is 3.85. The Balaban J connectivity index is 2.92. The van der Waals surface area contributed by atoms with Crippen molar-refractivity contribution in [2.75, 3.05) is 6.54 Å². The highest BCUT2D eigenvalue weighted by atomic mass is 15.0. The van der Waals surface area contributed by atoms with Gasteiger partial charge in [0.2, 0.25) is 0 Å². The number of amidine groups is 1. The summed E-state index contributed by atoms with van der Waals surface area (Å²) in [7, 11) is 0. The molecule has 3 nitrogen and oxygen atoms in total. The van der Waals surface area contributed by atoms with Crippen LogP contribution in [0.15, 0.2) is 41.2 Å². The monoisotopic (exact) mass is 163 g/mol. The molecule has 1 rings (SSSR count). The molecule has 1 aliphatic rings. The molecule has 1 aliphatic heterocycles. The maximum atomic E-state index is 5.53. The molecule has 0 aromatic carbocycles. The third kappa shape index (κ3) is 1.46. The summed E-state index contributed by atoms with van der Waals surface area (Å²) in [4.78, 5) is 4.07. The number of allylic oxidation sites excluding steroid dienone is 1. The minimum atomic E-state index is 0.531. The third-order valence-corrected chi connectivity index (χ3v) is 1.71. The van der Waals surface area contributed by atoms with Gasteiger partial charge in [-0.05, 0) is 12.5 Å². The second-order valence-electron chi connectivity index (χ2n) is 2.38. The summed E-state index contributed by atoms with van der Waals surface area (Å²) in [6.07, 6.45) is 5.37. The Kier molecular flexibility index (Phi) is 2.82. The maximum Gasteiger partial charge on any atom is 0.137 e. The standard InChI is InChI=1S/C9H13N3/c1-3-8-7(5-10)6-12-9(8)11-4-2/h3-4,6H,2,5,10H2,1H3,(H,11,12)/b8-3-. The number of hydrogen-bond acceptors (Lipinski definition) is 2. The highest BCUT2D eigenvalue weighted by molar-refractivity contribution is 6.05. The summed E-state index contributed by atoms with van der Waals surface area (Å²) in [6.45, 7) is 6.03. The van der Waals surface area contributed by atoms with Gasteiger partial charge in [0.1, 0.15) is 5.84 Å². The molecule has 0 fully saturated rings. The molecule has 0 radical (unpaired) electrons. The van der Waals surface area contributed by atoms with Crippen molar-refractivity contribution >= 4 is 5.84 Å². The molecule has 12 heavy (non-hydrogen) atoms. The van der Waals surface area contributed by atoms with Gasteiger partial charge in [-0.2, -0.15) is 0 Å². The van der Waals surface area contributed by atoms with E-state index < -0.39 is 0 Å². The van der Waals surface area contributed by atoms with Crippen molar-refractivity contribution in [3.05, 3.63) is 36.2 Å². The molecule has 0 atom stereocenters. The summed E-state index contributed by atoms with van der Waals surface area (Å²) in [5.41, 5.74) is 7.68. The van der Waals surface area contributed by atoms with Crippen LogP contribution >= 0.6 is 0 Å². The van der Waals surface area contributed by atoms with Gasteiger partial charge in [0, 0.05) is 24.5 Å². The van der Waals surface area contributed by atoms with Crippen molar-refractivity contribution in [1.82, 2.24) is 5.32 Å². The van der Waals surface area contributed by atoms with Crippen molar-refractivity contribution < 1.29 is 0 Å². The lowest BCUT2D eigenvalue weighted by Gasteiger charge is -2.00. The van der Waals surface area contributed by atoms with E-state index in [-0.39, 0.29) is 0 Å². The van der Waals surface area contributed by atoms with Crippen LogP contribution in [0.1, 0.15) is 6.92 Å². The molecular formula is C9H13N3. The number of nitrogens with zero attached hydrogens (tertiary/aromatic N) is 1. The zero-order valence-corrected chi connectivity index (χ0v) is 7.17. The first-order chi connectivity index (χ1) is 5.83. The van der Waals surface area contributed by atoms with Gasteiger partial charge >= 0.3 is 0 Å². The lowest BCUT2D eigenvalue weighted by atomic mass is 10.1. The van der Waals surface area contributed by atoms with E-state index in [4.69, 9.17) is 5.73 Å². The fourth-order valence-electron chi connectivity index (χ4n) is 1.15. The van der Waals surface area contributed by atoms with Gasteiger partial charge in [0.05, 0.1) is 0 Å². The normalized spacial score (nSPS) is 22.7. The Morgan fingerprint density at radius 3 is 3.00 bits per heavy atom. The van der Waals surface area contributed by atoms with Crippen LogP contribution < -0.4 is 11.1 Å². The van der Waals surface area contributed by atoms with E-state index in [1.54, 1.807) is 0 Å². The number of nitrogens with two attached hydrogens (primary N) is 1. The smallest absolute Gasteiger partial charge is 0.137 e. The second kappa shape index (κ2) is 3.88. The van der Waals surface area contributed by atoms with Crippen LogP contribution in [0.5, 0.6) is 0 Å². The fraction of sp³-hybridized carbons (Fsp3) is 0.222. The van der Waals surface area contributed by atoms with Gasteiger partial charge in [-0.3, -0.25) is 0 Å². The molecular weight excluding hydrogens is 150 g/mol. The van der Waals surface area contributed by atoms with E-state index in [1.807, 2.05) is 19.2 Å². The minimum absolute atomic E-state index is 0.531. The summed E-state index contributed by atoms with van der Waals surface area (Å²) in [5.74, 6) is 0.827. The van der Waals surface area contributed by atoms with Crippen LogP contribution in [0.3, 0.4) is 0 Å². The molecule has 0 bridgehead atoms. The summed E-state index contributed by atoms with van der Waals surface area (Å²) in [5, 5.41) is 3.03. The molecule has 0 amide bonds. The van der Waals surface area contributed by atoms with Gasteiger partial charge in [-0.1, -0.05) is 12.7 Å². The Morgan fingerprint density at radius 2 is 2.50 bits per heavy atom. The zero-order chi connectivity index (χ0) is 8.97. The van der Waals surface area contributed by atoms with Gasteiger partial charge < -0.3 is 11.1 Å². The predicted molar refractivity (Wildman–Crippen MR) is 51.7 cm³/mol. The third-order valence-electron chi connectivity index (χ3n) is 1.71. The van der Waals surface area contributed by atoms with Crippen molar-refractivity contribution in [3.63, 3.8) is 0 Å². The van der Waals surface area contributed by atoms with Crippen molar-refractivity contribution in [3.8, 4) is 0 Å². The predicted octanol–water partition coefficient (Wildman–Crippen LogP) is 0.921. The molecule has 0 unspecified atom stereocenters. The Hall–Kier alpha value is -1.35. The van der Waals surface area contributed by atoms with E-state index >= 15 is 0 Å². The highest BCUT2D eigenvalue weighted by Gasteiger charge is 2.14. The molecule has 1 heterocycles. The first kappa shape index (κ1) is 8.74. The summed E-state index contributed by atoms with van der Waals surface area (Å²) in [6, 6.07) is 0. The molecule has 64 valence electrons. The maximum absolute atomic E-state index is 5.53. The van der Waals surface area contributed by atoms with Crippen molar-refractivity contribution in [2.24, 2.45) is 10.7 Å². The molecule has 0 spiro atoms. The van der Waals surface area contributed by atoms with E-state index in [9.17, 15) is 0 Å². The van der Waals surface area contributed by atoms with Crippen LogP contribution in [-0.2, 0) is 0 Å². The Morgan fingerprint density at radius 1 is 1.75 bits per heavy atom. The van der Waals surface area contributed by atoms with Gasteiger partial charge in [-0.15, -0.1) is 0 Å². The Bertz CT molecular complexity index is 271. The number of hydrogen-bond donors (Lipinski definition) is 2. The van der Waals surface area contributed by atoms with E-state index in [2.05, 4.69) is 16.9 Å².